The Morgan fingerprint density at radius 1 is 1.09 bits per heavy atom. The van der Waals surface area contributed by atoms with Crippen molar-refractivity contribution in [1.82, 2.24) is 9.80 Å². The molecule has 0 radical (unpaired) electrons. The minimum Gasteiger partial charge on any atom is -0.388 e. The van der Waals surface area contributed by atoms with Crippen LogP contribution < -0.4 is 0 Å². The van der Waals surface area contributed by atoms with Crippen molar-refractivity contribution in [2.45, 2.75) is 50.8 Å². The number of nitrogens with zero attached hydrogens (tertiary/aromatic N) is 3. The van der Waals surface area contributed by atoms with Crippen molar-refractivity contribution in [2.75, 3.05) is 19.6 Å². The lowest BCUT2D eigenvalue weighted by Crippen LogP contribution is -2.52. The molecule has 1 fully saturated rings. The highest BCUT2D eigenvalue weighted by molar-refractivity contribution is 6.09. The second kappa shape index (κ2) is 9.70. The summed E-state index contributed by atoms with van der Waals surface area (Å²) in [6, 6.07) is 20.3. The molecular formula is C27H33N3O2. The minimum absolute atomic E-state index is 0.0365. The first-order valence-electron chi connectivity index (χ1n) is 11.6. The van der Waals surface area contributed by atoms with E-state index in [9.17, 15) is 9.90 Å². The molecule has 1 amide bonds. The normalized spacial score (nSPS) is 21.2. The standard InChI is InChI=1S/C27H33N3O2/c1-21(23-9-5-3-6-10-23)19-26(31)29-17-14-27(32,15-18-29)20-30-16-13-25(28-22(30)2)24-11-7-4-8-12-24/h3-13,16,21-22,32H,14-15,17-20H2,1-2H3/t21?,22-/m0/s1. The second-order valence-electron chi connectivity index (χ2n) is 9.12. The van der Waals surface area contributed by atoms with E-state index in [0.717, 1.165) is 11.3 Å². The molecule has 2 aromatic carbocycles. The van der Waals surface area contributed by atoms with Crippen LogP contribution in [0.15, 0.2) is 77.9 Å². The van der Waals surface area contributed by atoms with Gasteiger partial charge in [-0.1, -0.05) is 67.6 Å². The summed E-state index contributed by atoms with van der Waals surface area (Å²) in [7, 11) is 0. The van der Waals surface area contributed by atoms with Crippen LogP contribution >= 0.6 is 0 Å². The number of carbonyl (C=O) groups excluding carboxylic acids is 1. The van der Waals surface area contributed by atoms with Gasteiger partial charge in [-0.25, -0.2) is 0 Å². The van der Waals surface area contributed by atoms with Gasteiger partial charge in [-0.3, -0.25) is 9.79 Å². The van der Waals surface area contributed by atoms with Crippen LogP contribution in [0.1, 0.15) is 50.2 Å². The van der Waals surface area contributed by atoms with Gasteiger partial charge in [-0.2, -0.15) is 0 Å². The van der Waals surface area contributed by atoms with Crippen molar-refractivity contribution in [1.29, 1.82) is 0 Å². The number of β-amino-alcohol motifs (C(OH)–C–C–N with tert-alkyl or cyclic N) is 1. The number of hydrogen-bond donors (Lipinski definition) is 1. The average molecular weight is 432 g/mol. The SMILES string of the molecule is CC(CC(=O)N1CCC(O)(CN2C=CC(c3ccccc3)=N[C@@H]2C)CC1)c1ccccc1. The molecule has 5 heteroatoms. The predicted molar refractivity (Wildman–Crippen MR) is 129 cm³/mol. The van der Waals surface area contributed by atoms with Crippen molar-refractivity contribution in [2.24, 2.45) is 4.99 Å². The van der Waals surface area contributed by atoms with Gasteiger partial charge >= 0.3 is 0 Å². The fourth-order valence-corrected chi connectivity index (χ4v) is 4.53. The zero-order valence-electron chi connectivity index (χ0n) is 19.0. The molecule has 0 aliphatic carbocycles. The summed E-state index contributed by atoms with van der Waals surface area (Å²) in [6.07, 6.45) is 5.70. The summed E-state index contributed by atoms with van der Waals surface area (Å²) in [5.74, 6) is 0.368. The Hall–Kier alpha value is -2.92. The molecule has 1 saturated heterocycles. The maximum Gasteiger partial charge on any atom is 0.223 e. The van der Waals surface area contributed by atoms with Gasteiger partial charge in [0, 0.05) is 32.3 Å². The van der Waals surface area contributed by atoms with E-state index in [2.05, 4.69) is 43.0 Å². The Morgan fingerprint density at radius 3 is 2.34 bits per heavy atom. The van der Waals surface area contributed by atoms with Crippen LogP contribution in [0.5, 0.6) is 0 Å². The topological polar surface area (TPSA) is 56.1 Å². The van der Waals surface area contributed by atoms with Crippen LogP contribution in [0, 0.1) is 0 Å². The number of rotatable bonds is 6. The van der Waals surface area contributed by atoms with E-state index in [1.807, 2.05) is 53.6 Å². The van der Waals surface area contributed by atoms with Gasteiger partial charge in [-0.05, 0) is 42.9 Å². The quantitative estimate of drug-likeness (QED) is 0.746. The first-order chi connectivity index (χ1) is 15.4. The summed E-state index contributed by atoms with van der Waals surface area (Å²) in [4.78, 5) is 21.6. The Bertz CT molecular complexity index is 963. The fraction of sp³-hybridized carbons (Fsp3) is 0.407. The Kier molecular flexibility index (Phi) is 6.75. The summed E-state index contributed by atoms with van der Waals surface area (Å²) >= 11 is 0. The van der Waals surface area contributed by atoms with E-state index >= 15 is 0 Å². The highest BCUT2D eigenvalue weighted by atomic mass is 16.3. The molecule has 2 heterocycles. The molecule has 0 saturated carbocycles. The maximum absolute atomic E-state index is 12.8. The first-order valence-corrected chi connectivity index (χ1v) is 11.6. The van der Waals surface area contributed by atoms with Crippen molar-refractivity contribution in [3.8, 4) is 0 Å². The molecule has 0 aromatic heterocycles. The maximum atomic E-state index is 12.8. The average Bonchev–Trinajstić information content (AvgIpc) is 2.82. The van der Waals surface area contributed by atoms with Gasteiger partial charge in [0.05, 0.1) is 11.3 Å². The van der Waals surface area contributed by atoms with Gasteiger partial charge in [-0.15, -0.1) is 0 Å². The third-order valence-corrected chi connectivity index (χ3v) is 6.67. The van der Waals surface area contributed by atoms with Gasteiger partial charge < -0.3 is 14.9 Å². The number of aliphatic imine (C=N–C) groups is 1. The highest BCUT2D eigenvalue weighted by Crippen LogP contribution is 2.27. The lowest BCUT2D eigenvalue weighted by molar-refractivity contribution is -0.136. The predicted octanol–water partition coefficient (Wildman–Crippen LogP) is 4.20. The van der Waals surface area contributed by atoms with Crippen LogP contribution in [-0.2, 0) is 4.79 Å². The Balaban J connectivity index is 1.29. The van der Waals surface area contributed by atoms with Crippen LogP contribution in [-0.4, -0.2) is 57.9 Å². The van der Waals surface area contributed by atoms with Crippen LogP contribution in [0.2, 0.25) is 0 Å². The molecule has 1 unspecified atom stereocenters. The summed E-state index contributed by atoms with van der Waals surface area (Å²) in [6.45, 7) is 5.88. The van der Waals surface area contributed by atoms with E-state index < -0.39 is 5.60 Å². The Labute approximate surface area is 191 Å². The highest BCUT2D eigenvalue weighted by Gasteiger charge is 2.36. The van der Waals surface area contributed by atoms with Crippen LogP contribution in [0.25, 0.3) is 0 Å². The molecular weight excluding hydrogens is 398 g/mol. The molecule has 2 atom stereocenters. The molecule has 0 bridgehead atoms. The lowest BCUT2D eigenvalue weighted by Gasteiger charge is -2.42. The van der Waals surface area contributed by atoms with Crippen molar-refractivity contribution < 1.29 is 9.90 Å². The number of likely N-dealkylation sites (tertiary alicyclic amines) is 1. The zero-order valence-corrected chi connectivity index (χ0v) is 19.0. The first kappa shape index (κ1) is 22.3. The van der Waals surface area contributed by atoms with Crippen molar-refractivity contribution in [3.05, 3.63) is 84.1 Å². The molecule has 2 aliphatic heterocycles. The second-order valence-corrected chi connectivity index (χ2v) is 9.12. The van der Waals surface area contributed by atoms with E-state index in [0.29, 0.717) is 38.9 Å². The molecule has 4 rings (SSSR count). The molecule has 32 heavy (non-hydrogen) atoms. The number of carbonyl (C=O) groups is 1. The fourth-order valence-electron chi connectivity index (χ4n) is 4.53. The third-order valence-electron chi connectivity index (χ3n) is 6.67. The molecule has 2 aromatic rings. The van der Waals surface area contributed by atoms with Gasteiger partial charge in [0.2, 0.25) is 5.91 Å². The van der Waals surface area contributed by atoms with Crippen molar-refractivity contribution >= 4 is 11.6 Å². The number of benzene rings is 2. The van der Waals surface area contributed by atoms with Gasteiger partial charge in [0.15, 0.2) is 0 Å². The molecule has 168 valence electrons. The summed E-state index contributed by atoms with van der Waals surface area (Å²) in [5, 5.41) is 11.2. The van der Waals surface area contributed by atoms with E-state index in [1.165, 1.54) is 5.56 Å². The third kappa shape index (κ3) is 5.28. The number of piperidine rings is 1. The van der Waals surface area contributed by atoms with E-state index in [1.54, 1.807) is 0 Å². The summed E-state index contributed by atoms with van der Waals surface area (Å²) in [5.41, 5.74) is 2.45. The van der Waals surface area contributed by atoms with E-state index in [-0.39, 0.29) is 18.0 Å². The molecule has 5 nitrogen and oxygen atoms in total. The van der Waals surface area contributed by atoms with Gasteiger partial charge in [0.1, 0.15) is 6.17 Å². The van der Waals surface area contributed by atoms with Crippen LogP contribution in [0.4, 0.5) is 0 Å². The molecule has 0 spiro atoms. The van der Waals surface area contributed by atoms with Gasteiger partial charge in [0.25, 0.3) is 0 Å². The molecule has 2 aliphatic rings. The molecule has 1 N–H and O–H groups in total. The monoisotopic (exact) mass is 431 g/mol. The summed E-state index contributed by atoms with van der Waals surface area (Å²) < 4.78 is 0. The lowest BCUT2D eigenvalue weighted by atomic mass is 9.89. The largest absolute Gasteiger partial charge is 0.388 e. The van der Waals surface area contributed by atoms with Crippen LogP contribution in [0.3, 0.4) is 0 Å². The van der Waals surface area contributed by atoms with E-state index in [4.69, 9.17) is 4.99 Å². The van der Waals surface area contributed by atoms with Crippen molar-refractivity contribution in [3.63, 3.8) is 0 Å². The minimum atomic E-state index is -0.805. The smallest absolute Gasteiger partial charge is 0.223 e. The zero-order chi connectivity index (χ0) is 22.6. The Morgan fingerprint density at radius 2 is 1.72 bits per heavy atom. The number of aliphatic hydroxyl groups is 1. The number of amides is 1. The number of allylic oxidation sites excluding steroid dienone is 1. The number of hydrogen-bond acceptors (Lipinski definition) is 4.